The van der Waals surface area contributed by atoms with Crippen molar-refractivity contribution in [3.8, 4) is 0 Å². The van der Waals surface area contributed by atoms with Gasteiger partial charge in [0.25, 0.3) is 0 Å². The molecule has 0 aromatic rings. The Morgan fingerprint density at radius 3 is 2.74 bits per heavy atom. The fourth-order valence-electron chi connectivity index (χ4n) is 1.41. The number of hydrogen-bond donors (Lipinski definition) is 4. The van der Waals surface area contributed by atoms with E-state index in [0.717, 1.165) is 19.4 Å². The molecule has 0 saturated carbocycles. The molecule has 0 spiro atoms. The van der Waals surface area contributed by atoms with Crippen LogP contribution in [0.2, 0.25) is 0 Å². The van der Waals surface area contributed by atoms with E-state index in [4.69, 9.17) is 17.3 Å². The SMILES string of the molecule is C/C=C/N(/C=N\C)NC(C)NP(N)(=S)NCCCC. The maximum absolute atomic E-state index is 6.08. The van der Waals surface area contributed by atoms with E-state index in [0.29, 0.717) is 0 Å². The highest BCUT2D eigenvalue weighted by Crippen LogP contribution is 2.25. The van der Waals surface area contributed by atoms with Gasteiger partial charge in [0.05, 0.1) is 6.17 Å². The van der Waals surface area contributed by atoms with E-state index < -0.39 is 6.49 Å². The van der Waals surface area contributed by atoms with Crippen LogP contribution in [0.25, 0.3) is 0 Å². The Labute approximate surface area is 122 Å². The quantitative estimate of drug-likeness (QED) is 0.122. The van der Waals surface area contributed by atoms with Gasteiger partial charge in [0, 0.05) is 19.8 Å². The van der Waals surface area contributed by atoms with Gasteiger partial charge in [-0.05, 0) is 32.1 Å². The van der Waals surface area contributed by atoms with Gasteiger partial charge >= 0.3 is 0 Å². The van der Waals surface area contributed by atoms with Crippen LogP contribution in [0, 0.1) is 0 Å². The van der Waals surface area contributed by atoms with Gasteiger partial charge in [-0.2, -0.15) is 0 Å². The standard InChI is InChI=1S/C11H27N6PS/c1-5-7-8-14-18(12,19)16-11(3)15-17(9-6-2)10-13-4/h6,9-11,15H,5,7-8H2,1-4H3,(H4,12,14,16,19)/b9-6+,13-10-. The average molecular weight is 306 g/mol. The molecule has 0 aliphatic heterocycles. The molecule has 19 heavy (non-hydrogen) atoms. The number of nitrogens with two attached hydrogens (primary N) is 1. The molecule has 5 N–H and O–H groups in total. The number of rotatable bonds is 10. The number of nitrogens with zero attached hydrogens (tertiary/aromatic N) is 2. The first kappa shape index (κ1) is 18.7. The first-order valence-corrected chi connectivity index (χ1v) is 9.33. The molecule has 0 aliphatic carbocycles. The van der Waals surface area contributed by atoms with Crippen molar-refractivity contribution in [3.63, 3.8) is 0 Å². The minimum Gasteiger partial charge on any atom is -0.279 e. The summed E-state index contributed by atoms with van der Waals surface area (Å²) in [5.74, 6) is 0. The molecule has 0 bridgehead atoms. The minimum absolute atomic E-state index is 0.0563. The molecule has 8 heteroatoms. The number of aliphatic imine (C=N–C) groups is 1. The van der Waals surface area contributed by atoms with Crippen LogP contribution in [0.1, 0.15) is 33.6 Å². The van der Waals surface area contributed by atoms with Gasteiger partial charge in [-0.3, -0.25) is 20.6 Å². The molecule has 0 aliphatic rings. The Bertz CT molecular complexity index is 321. The highest BCUT2D eigenvalue weighted by atomic mass is 32.4. The molecule has 6 nitrogen and oxygen atoms in total. The maximum Gasteiger partial charge on any atom is 0.136 e. The number of hydrazine groups is 1. The monoisotopic (exact) mass is 306 g/mol. The summed E-state index contributed by atoms with van der Waals surface area (Å²) in [7, 11) is 1.72. The van der Waals surface area contributed by atoms with Crippen LogP contribution in [0.4, 0.5) is 0 Å². The van der Waals surface area contributed by atoms with Gasteiger partial charge in [-0.1, -0.05) is 19.4 Å². The van der Waals surface area contributed by atoms with Crippen LogP contribution >= 0.6 is 6.49 Å². The second-order valence-corrected chi connectivity index (χ2v) is 7.78. The Morgan fingerprint density at radius 2 is 2.21 bits per heavy atom. The van der Waals surface area contributed by atoms with Gasteiger partial charge in [-0.25, -0.2) is 10.5 Å². The molecule has 0 rings (SSSR count). The third-order valence-corrected chi connectivity index (χ3v) is 4.32. The third kappa shape index (κ3) is 10.2. The van der Waals surface area contributed by atoms with Crippen molar-refractivity contribution < 1.29 is 0 Å². The molecule has 2 unspecified atom stereocenters. The van der Waals surface area contributed by atoms with Crippen LogP contribution in [0.3, 0.4) is 0 Å². The Balaban J connectivity index is 4.26. The lowest BCUT2D eigenvalue weighted by Crippen LogP contribution is -2.48. The molecule has 0 amide bonds. The molecule has 0 radical (unpaired) electrons. The van der Waals surface area contributed by atoms with Gasteiger partial charge in [0.15, 0.2) is 0 Å². The molecule has 0 saturated heterocycles. The van der Waals surface area contributed by atoms with Crippen molar-refractivity contribution in [1.29, 1.82) is 0 Å². The van der Waals surface area contributed by atoms with Crippen LogP contribution in [-0.4, -0.2) is 31.1 Å². The fraction of sp³-hybridized carbons (Fsp3) is 0.727. The molecule has 0 aromatic heterocycles. The molecular weight excluding hydrogens is 279 g/mol. The highest BCUT2D eigenvalue weighted by molar-refractivity contribution is 8.11. The first-order chi connectivity index (χ1) is 8.95. The van der Waals surface area contributed by atoms with Crippen molar-refractivity contribution in [3.05, 3.63) is 12.3 Å². The summed E-state index contributed by atoms with van der Waals surface area (Å²) in [6.07, 6.45) is 7.61. The largest absolute Gasteiger partial charge is 0.279 e. The summed E-state index contributed by atoms with van der Waals surface area (Å²) >= 11 is 5.37. The summed E-state index contributed by atoms with van der Waals surface area (Å²) in [6.45, 7) is 4.69. The summed E-state index contributed by atoms with van der Waals surface area (Å²) in [5.41, 5.74) is 9.27. The molecule has 112 valence electrons. The van der Waals surface area contributed by atoms with E-state index >= 15 is 0 Å². The van der Waals surface area contributed by atoms with E-state index in [-0.39, 0.29) is 6.17 Å². The van der Waals surface area contributed by atoms with E-state index in [1.54, 1.807) is 18.4 Å². The molecular formula is C11H27N6PS. The normalized spacial score (nSPS) is 16.9. The van der Waals surface area contributed by atoms with Crippen molar-refractivity contribution in [1.82, 2.24) is 20.6 Å². The highest BCUT2D eigenvalue weighted by Gasteiger charge is 2.13. The van der Waals surface area contributed by atoms with Crippen molar-refractivity contribution in [2.24, 2.45) is 10.5 Å². The number of nitrogens with one attached hydrogen (secondary N) is 3. The van der Waals surface area contributed by atoms with E-state index in [1.165, 1.54) is 0 Å². The molecule has 0 aromatic carbocycles. The topological polar surface area (TPSA) is 77.7 Å². The zero-order valence-electron chi connectivity index (χ0n) is 12.3. The van der Waals surface area contributed by atoms with Crippen LogP contribution in [0.5, 0.6) is 0 Å². The Hall–Kier alpha value is -0.300. The number of allylic oxidation sites excluding steroid dienone is 1. The van der Waals surface area contributed by atoms with Crippen molar-refractivity contribution in [2.45, 2.75) is 39.8 Å². The molecule has 2 atom stereocenters. The predicted molar refractivity (Wildman–Crippen MR) is 88.2 cm³/mol. The second kappa shape index (κ2) is 10.5. The smallest absolute Gasteiger partial charge is 0.136 e. The summed E-state index contributed by atoms with van der Waals surface area (Å²) in [4.78, 5) is 3.96. The van der Waals surface area contributed by atoms with Crippen molar-refractivity contribution >= 4 is 24.6 Å². The minimum atomic E-state index is -2.20. The van der Waals surface area contributed by atoms with Gasteiger partial charge in [0.2, 0.25) is 0 Å². The predicted octanol–water partition coefficient (Wildman–Crippen LogP) is 1.49. The van der Waals surface area contributed by atoms with Crippen LogP contribution in [0.15, 0.2) is 17.3 Å². The number of unbranched alkanes of at least 4 members (excludes halogenated alkanes) is 1. The second-order valence-electron chi connectivity index (χ2n) is 4.16. The van der Waals surface area contributed by atoms with Crippen molar-refractivity contribution in [2.75, 3.05) is 13.6 Å². The summed E-state index contributed by atoms with van der Waals surface area (Å²) in [6, 6.07) is 0. The first-order valence-electron chi connectivity index (χ1n) is 6.46. The van der Waals surface area contributed by atoms with E-state index in [2.05, 4.69) is 27.5 Å². The molecule has 0 heterocycles. The lowest BCUT2D eigenvalue weighted by Gasteiger charge is -2.28. The van der Waals surface area contributed by atoms with Gasteiger partial charge in [-0.15, -0.1) is 0 Å². The third-order valence-electron chi connectivity index (χ3n) is 2.15. The van der Waals surface area contributed by atoms with E-state index in [9.17, 15) is 0 Å². The Kier molecular flexibility index (Phi) is 10.3. The van der Waals surface area contributed by atoms with Gasteiger partial charge in [0.1, 0.15) is 12.8 Å². The lowest BCUT2D eigenvalue weighted by molar-refractivity contribution is 0.343. The van der Waals surface area contributed by atoms with Crippen LogP contribution < -0.4 is 21.1 Å². The fourth-order valence-corrected chi connectivity index (χ4v) is 3.37. The summed E-state index contributed by atoms with van der Waals surface area (Å²) in [5, 5.41) is 8.18. The zero-order valence-corrected chi connectivity index (χ0v) is 14.0. The summed E-state index contributed by atoms with van der Waals surface area (Å²) < 4.78 is 0. The number of hydrogen-bond acceptors (Lipinski definition) is 3. The molecule has 0 fully saturated rings. The zero-order chi connectivity index (χ0) is 14.7. The van der Waals surface area contributed by atoms with Gasteiger partial charge < -0.3 is 0 Å². The lowest BCUT2D eigenvalue weighted by atomic mass is 10.3. The Morgan fingerprint density at radius 1 is 1.53 bits per heavy atom. The van der Waals surface area contributed by atoms with E-state index in [1.807, 2.05) is 26.1 Å². The average Bonchev–Trinajstić information content (AvgIpc) is 2.28. The maximum atomic E-state index is 6.08. The van der Waals surface area contributed by atoms with Crippen LogP contribution in [-0.2, 0) is 11.8 Å².